The number of carbonyl (C=O) groups excluding carboxylic acids is 1. The van der Waals surface area contributed by atoms with E-state index in [1.54, 1.807) is 6.07 Å². The van der Waals surface area contributed by atoms with Crippen LogP contribution in [0.4, 0.5) is 0 Å². The van der Waals surface area contributed by atoms with Crippen LogP contribution in [0.3, 0.4) is 0 Å². The van der Waals surface area contributed by atoms with Crippen LogP contribution in [0.2, 0.25) is 0 Å². The topological polar surface area (TPSA) is 40.5 Å². The molecule has 1 aliphatic rings. The molecule has 96 valence electrons. The molecule has 1 heterocycles. The molecule has 0 aromatic heterocycles. The van der Waals surface area contributed by atoms with Gasteiger partial charge in [0.25, 0.3) is 5.91 Å². The summed E-state index contributed by atoms with van der Waals surface area (Å²) in [5.41, 5.74) is 3.68. The van der Waals surface area contributed by atoms with Gasteiger partial charge in [0.15, 0.2) is 0 Å². The molecule has 0 fully saturated rings. The molecule has 1 amide bonds. The lowest BCUT2D eigenvalue weighted by Gasteiger charge is -2.15. The lowest BCUT2D eigenvalue weighted by atomic mass is 10.1. The minimum Gasteiger partial charge on any atom is -0.392 e. The third kappa shape index (κ3) is 2.25. The Kier molecular flexibility index (Phi) is 3.05. The number of rotatable bonds is 3. The van der Waals surface area contributed by atoms with Crippen molar-refractivity contribution in [3.63, 3.8) is 0 Å². The molecule has 0 saturated carbocycles. The summed E-state index contributed by atoms with van der Waals surface area (Å²) in [5, 5.41) is 9.13. The SMILES string of the molecule is O=C1c2cc(CO)ccc2CN1Cc1ccccc1. The van der Waals surface area contributed by atoms with Crippen molar-refractivity contribution in [2.45, 2.75) is 19.7 Å². The van der Waals surface area contributed by atoms with E-state index in [0.29, 0.717) is 13.1 Å². The van der Waals surface area contributed by atoms with Gasteiger partial charge in [-0.05, 0) is 22.8 Å². The Hall–Kier alpha value is -2.13. The van der Waals surface area contributed by atoms with Crippen LogP contribution in [0.15, 0.2) is 48.5 Å². The molecular formula is C16H15NO2. The third-order valence-corrected chi connectivity index (χ3v) is 3.45. The van der Waals surface area contributed by atoms with E-state index in [1.807, 2.05) is 47.4 Å². The molecule has 3 rings (SSSR count). The van der Waals surface area contributed by atoms with Crippen molar-refractivity contribution in [1.82, 2.24) is 4.90 Å². The predicted molar refractivity (Wildman–Crippen MR) is 72.4 cm³/mol. The molecule has 0 unspecified atom stereocenters. The smallest absolute Gasteiger partial charge is 0.254 e. The van der Waals surface area contributed by atoms with E-state index in [4.69, 9.17) is 5.11 Å². The number of fused-ring (bicyclic) bond motifs is 1. The Labute approximate surface area is 112 Å². The van der Waals surface area contributed by atoms with Gasteiger partial charge in [0.2, 0.25) is 0 Å². The van der Waals surface area contributed by atoms with E-state index in [1.165, 1.54) is 0 Å². The fourth-order valence-corrected chi connectivity index (χ4v) is 2.44. The van der Waals surface area contributed by atoms with Gasteiger partial charge in [-0.1, -0.05) is 42.5 Å². The maximum atomic E-state index is 12.3. The number of aliphatic hydroxyl groups excluding tert-OH is 1. The van der Waals surface area contributed by atoms with Crippen molar-refractivity contribution < 1.29 is 9.90 Å². The molecule has 3 heteroatoms. The molecule has 0 radical (unpaired) electrons. The van der Waals surface area contributed by atoms with Gasteiger partial charge in [-0.3, -0.25) is 4.79 Å². The van der Waals surface area contributed by atoms with E-state index in [-0.39, 0.29) is 12.5 Å². The van der Waals surface area contributed by atoms with Crippen LogP contribution in [0, 0.1) is 0 Å². The molecule has 0 spiro atoms. The highest BCUT2D eigenvalue weighted by molar-refractivity contribution is 5.98. The predicted octanol–water partition coefficient (Wildman–Crippen LogP) is 2.33. The first-order valence-electron chi connectivity index (χ1n) is 6.34. The minimum atomic E-state index is -0.0285. The molecule has 0 saturated heterocycles. The highest BCUT2D eigenvalue weighted by Crippen LogP contribution is 2.25. The molecule has 1 N–H and O–H groups in total. The first-order chi connectivity index (χ1) is 9.28. The van der Waals surface area contributed by atoms with Crippen LogP contribution in [0.1, 0.15) is 27.0 Å². The standard InChI is InChI=1S/C16H15NO2/c18-11-13-6-7-14-10-17(16(19)15(14)8-13)9-12-4-2-1-3-5-12/h1-8,18H,9-11H2. The molecule has 2 aromatic rings. The highest BCUT2D eigenvalue weighted by Gasteiger charge is 2.27. The minimum absolute atomic E-state index is 0.0285. The molecule has 19 heavy (non-hydrogen) atoms. The van der Waals surface area contributed by atoms with E-state index in [2.05, 4.69) is 0 Å². The average molecular weight is 253 g/mol. The summed E-state index contributed by atoms with van der Waals surface area (Å²) in [5.74, 6) is 0.0501. The van der Waals surface area contributed by atoms with Crippen molar-refractivity contribution in [3.8, 4) is 0 Å². The zero-order valence-corrected chi connectivity index (χ0v) is 10.5. The summed E-state index contributed by atoms with van der Waals surface area (Å²) in [7, 11) is 0. The van der Waals surface area contributed by atoms with Gasteiger partial charge >= 0.3 is 0 Å². The van der Waals surface area contributed by atoms with Crippen molar-refractivity contribution >= 4 is 5.91 Å². The van der Waals surface area contributed by atoms with E-state index >= 15 is 0 Å². The summed E-state index contributed by atoms with van der Waals surface area (Å²) >= 11 is 0. The normalized spacial score (nSPS) is 13.7. The zero-order chi connectivity index (χ0) is 13.2. The number of nitrogens with zero attached hydrogens (tertiary/aromatic N) is 1. The second kappa shape index (κ2) is 4.86. The molecule has 2 aromatic carbocycles. The Morgan fingerprint density at radius 3 is 2.58 bits per heavy atom. The van der Waals surface area contributed by atoms with Crippen molar-refractivity contribution in [2.75, 3.05) is 0 Å². The number of hydrogen-bond acceptors (Lipinski definition) is 2. The van der Waals surface area contributed by atoms with Crippen LogP contribution in [-0.4, -0.2) is 15.9 Å². The van der Waals surface area contributed by atoms with Gasteiger partial charge in [0, 0.05) is 18.7 Å². The van der Waals surface area contributed by atoms with Crippen LogP contribution in [-0.2, 0) is 19.7 Å². The number of amides is 1. The highest BCUT2D eigenvalue weighted by atomic mass is 16.3. The monoisotopic (exact) mass is 253 g/mol. The summed E-state index contributed by atoms with van der Waals surface area (Å²) < 4.78 is 0. The summed E-state index contributed by atoms with van der Waals surface area (Å²) in [6, 6.07) is 15.6. The van der Waals surface area contributed by atoms with Crippen molar-refractivity contribution in [1.29, 1.82) is 0 Å². The van der Waals surface area contributed by atoms with Crippen LogP contribution in [0.5, 0.6) is 0 Å². The summed E-state index contributed by atoms with van der Waals surface area (Å²) in [6.07, 6.45) is 0. The zero-order valence-electron chi connectivity index (χ0n) is 10.5. The number of aliphatic hydroxyl groups is 1. The quantitative estimate of drug-likeness (QED) is 0.912. The third-order valence-electron chi connectivity index (χ3n) is 3.45. The Morgan fingerprint density at radius 2 is 1.84 bits per heavy atom. The second-order valence-corrected chi connectivity index (χ2v) is 4.80. The van der Waals surface area contributed by atoms with E-state index in [9.17, 15) is 4.79 Å². The van der Waals surface area contributed by atoms with Gasteiger partial charge in [-0.15, -0.1) is 0 Å². The van der Waals surface area contributed by atoms with Gasteiger partial charge in [0.05, 0.1) is 6.61 Å². The molecule has 0 bridgehead atoms. The van der Waals surface area contributed by atoms with Crippen LogP contribution in [0.25, 0.3) is 0 Å². The summed E-state index contributed by atoms with van der Waals surface area (Å²) in [4.78, 5) is 14.1. The fraction of sp³-hybridized carbons (Fsp3) is 0.188. The first-order valence-corrected chi connectivity index (χ1v) is 6.34. The average Bonchev–Trinajstić information content (AvgIpc) is 2.76. The lowest BCUT2D eigenvalue weighted by molar-refractivity contribution is 0.0766. The Morgan fingerprint density at radius 1 is 1.05 bits per heavy atom. The Bertz CT molecular complexity index is 607. The number of benzene rings is 2. The maximum Gasteiger partial charge on any atom is 0.254 e. The largest absolute Gasteiger partial charge is 0.392 e. The number of carbonyl (C=O) groups is 1. The van der Waals surface area contributed by atoms with Gasteiger partial charge < -0.3 is 10.0 Å². The molecular weight excluding hydrogens is 238 g/mol. The van der Waals surface area contributed by atoms with Crippen molar-refractivity contribution in [3.05, 3.63) is 70.8 Å². The second-order valence-electron chi connectivity index (χ2n) is 4.80. The van der Waals surface area contributed by atoms with E-state index in [0.717, 1.165) is 22.3 Å². The number of hydrogen-bond donors (Lipinski definition) is 1. The maximum absolute atomic E-state index is 12.3. The van der Waals surface area contributed by atoms with Crippen LogP contribution < -0.4 is 0 Å². The van der Waals surface area contributed by atoms with Gasteiger partial charge in [-0.25, -0.2) is 0 Å². The molecule has 1 aliphatic heterocycles. The lowest BCUT2D eigenvalue weighted by Crippen LogP contribution is -2.23. The summed E-state index contributed by atoms with van der Waals surface area (Å²) in [6.45, 7) is 1.25. The first kappa shape index (κ1) is 11.9. The van der Waals surface area contributed by atoms with E-state index < -0.39 is 0 Å². The molecule has 0 aliphatic carbocycles. The van der Waals surface area contributed by atoms with Crippen molar-refractivity contribution in [2.24, 2.45) is 0 Å². The van der Waals surface area contributed by atoms with Crippen LogP contribution >= 0.6 is 0 Å². The Balaban J connectivity index is 1.83. The molecule has 0 atom stereocenters. The molecule has 3 nitrogen and oxygen atoms in total. The van der Waals surface area contributed by atoms with Gasteiger partial charge in [-0.2, -0.15) is 0 Å². The fourth-order valence-electron chi connectivity index (χ4n) is 2.44. The van der Waals surface area contributed by atoms with Gasteiger partial charge in [0.1, 0.15) is 0 Å².